The molecule has 2 heterocycles. The fourth-order valence-electron chi connectivity index (χ4n) is 5.01. The highest BCUT2D eigenvalue weighted by molar-refractivity contribution is 6.05. The number of hydrogen-bond donors (Lipinski definition) is 2. The highest BCUT2D eigenvalue weighted by atomic mass is 16.5. The van der Waals surface area contributed by atoms with Gasteiger partial charge in [-0.05, 0) is 30.2 Å². The molecule has 1 aliphatic rings. The van der Waals surface area contributed by atoms with Crippen molar-refractivity contribution in [1.82, 2.24) is 15.0 Å². The van der Waals surface area contributed by atoms with Crippen LogP contribution in [-0.2, 0) is 0 Å². The second-order valence-electron chi connectivity index (χ2n) is 9.80. The first-order valence-corrected chi connectivity index (χ1v) is 13.3. The molecule has 0 spiro atoms. The molecule has 1 aromatic heterocycles. The van der Waals surface area contributed by atoms with E-state index in [0.717, 1.165) is 26.2 Å². The van der Waals surface area contributed by atoms with E-state index in [1.165, 1.54) is 11.1 Å². The Balaban J connectivity index is 1.14. The monoisotopic (exact) mass is 526 g/mol. The number of aliphatic hydroxyl groups excluding tert-OH is 1. The molecule has 0 saturated carbocycles. The molecule has 202 valence electrons. The number of amides is 1. The quantitative estimate of drug-likeness (QED) is 0.317. The van der Waals surface area contributed by atoms with E-state index in [9.17, 15) is 9.90 Å². The van der Waals surface area contributed by atoms with Gasteiger partial charge in [0, 0.05) is 38.8 Å². The number of hydrogen-bond acceptors (Lipinski definition) is 7. The van der Waals surface area contributed by atoms with E-state index >= 15 is 0 Å². The van der Waals surface area contributed by atoms with E-state index in [-0.39, 0.29) is 18.6 Å². The zero-order valence-electron chi connectivity index (χ0n) is 22.1. The van der Waals surface area contributed by atoms with Crippen molar-refractivity contribution in [3.05, 3.63) is 113 Å². The van der Waals surface area contributed by atoms with Crippen molar-refractivity contribution in [2.75, 3.05) is 44.6 Å². The van der Waals surface area contributed by atoms with Gasteiger partial charge in [-0.2, -0.15) is 0 Å². The number of carbonyl (C=O) groups excluding carboxylic acids is 1. The third kappa shape index (κ3) is 6.92. The number of anilines is 1. The standard InChI is InChI=1S/C31H34N4O4/c1-23-20-29(33-39-23)32-31(37)27-14-8-9-15-28(27)38-22-26(36)21-34-16-18-35(19-17-34)30(24-10-4-2-5-11-24)25-12-6-3-7-13-25/h2-15,20,26,30,36H,16-19,21-22H2,1H3,(H,32,33,37). The highest BCUT2D eigenvalue weighted by Gasteiger charge is 2.27. The number of ether oxygens (including phenoxy) is 1. The first-order chi connectivity index (χ1) is 19.1. The molecule has 1 aliphatic heterocycles. The van der Waals surface area contributed by atoms with Crippen LogP contribution in [0.4, 0.5) is 5.82 Å². The number of nitrogens with zero attached hydrogens (tertiary/aromatic N) is 3. The van der Waals surface area contributed by atoms with Gasteiger partial charge in [0.05, 0.1) is 11.6 Å². The van der Waals surface area contributed by atoms with Crippen LogP contribution in [0.5, 0.6) is 5.75 Å². The van der Waals surface area contributed by atoms with Crippen molar-refractivity contribution in [2.24, 2.45) is 0 Å². The summed E-state index contributed by atoms with van der Waals surface area (Å²) in [6.45, 7) is 5.84. The van der Waals surface area contributed by atoms with E-state index < -0.39 is 6.10 Å². The molecule has 4 aromatic rings. The molecule has 3 aromatic carbocycles. The molecule has 1 unspecified atom stereocenters. The van der Waals surface area contributed by atoms with Gasteiger partial charge in [0.2, 0.25) is 0 Å². The fraction of sp³-hybridized carbons (Fsp3) is 0.290. The lowest BCUT2D eigenvalue weighted by Gasteiger charge is -2.40. The molecular formula is C31H34N4O4. The van der Waals surface area contributed by atoms with Gasteiger partial charge in [-0.3, -0.25) is 14.6 Å². The van der Waals surface area contributed by atoms with E-state index in [0.29, 0.717) is 29.4 Å². The van der Waals surface area contributed by atoms with Crippen LogP contribution in [0.3, 0.4) is 0 Å². The van der Waals surface area contributed by atoms with Crippen molar-refractivity contribution < 1.29 is 19.2 Å². The van der Waals surface area contributed by atoms with Crippen LogP contribution in [0.15, 0.2) is 95.5 Å². The number of carbonyl (C=O) groups is 1. The summed E-state index contributed by atoms with van der Waals surface area (Å²) < 4.78 is 10.9. The summed E-state index contributed by atoms with van der Waals surface area (Å²) in [5.41, 5.74) is 2.94. The number of nitrogens with one attached hydrogen (secondary N) is 1. The molecule has 39 heavy (non-hydrogen) atoms. The molecule has 5 rings (SSSR count). The first kappa shape index (κ1) is 26.6. The average molecular weight is 527 g/mol. The molecule has 0 aliphatic carbocycles. The number of aromatic nitrogens is 1. The van der Waals surface area contributed by atoms with Gasteiger partial charge in [0.15, 0.2) is 5.82 Å². The predicted molar refractivity (Wildman–Crippen MR) is 150 cm³/mol. The van der Waals surface area contributed by atoms with E-state index in [1.807, 2.05) is 0 Å². The van der Waals surface area contributed by atoms with Crippen molar-refractivity contribution >= 4 is 11.7 Å². The average Bonchev–Trinajstić information content (AvgIpc) is 3.38. The summed E-state index contributed by atoms with van der Waals surface area (Å²) in [5, 5.41) is 17.3. The number of benzene rings is 3. The molecule has 0 radical (unpaired) electrons. The number of aryl methyl sites for hydroxylation is 1. The van der Waals surface area contributed by atoms with Gasteiger partial charge in [0.1, 0.15) is 24.2 Å². The Morgan fingerprint density at radius 3 is 2.18 bits per heavy atom. The van der Waals surface area contributed by atoms with Crippen molar-refractivity contribution in [3.8, 4) is 5.75 Å². The minimum atomic E-state index is -0.690. The number of rotatable bonds is 10. The largest absolute Gasteiger partial charge is 0.490 e. The van der Waals surface area contributed by atoms with Crippen molar-refractivity contribution in [2.45, 2.75) is 19.1 Å². The van der Waals surface area contributed by atoms with E-state index in [2.05, 4.69) is 80.9 Å². The van der Waals surface area contributed by atoms with Crippen LogP contribution >= 0.6 is 0 Å². The Kier molecular flexibility index (Phi) is 8.68. The molecular weight excluding hydrogens is 492 g/mol. The third-order valence-corrected chi connectivity index (χ3v) is 6.90. The van der Waals surface area contributed by atoms with Gasteiger partial charge in [-0.1, -0.05) is 78.0 Å². The normalized spacial score (nSPS) is 15.3. The van der Waals surface area contributed by atoms with Crippen LogP contribution in [0.25, 0.3) is 0 Å². The maximum atomic E-state index is 12.7. The topological polar surface area (TPSA) is 91.1 Å². The summed E-state index contributed by atoms with van der Waals surface area (Å²) >= 11 is 0. The third-order valence-electron chi connectivity index (χ3n) is 6.90. The van der Waals surface area contributed by atoms with Gasteiger partial charge < -0.3 is 19.7 Å². The molecule has 8 nitrogen and oxygen atoms in total. The Hall–Kier alpha value is -3.98. The zero-order chi connectivity index (χ0) is 27.0. The number of piperazine rings is 1. The predicted octanol–water partition coefficient (Wildman–Crippen LogP) is 4.38. The van der Waals surface area contributed by atoms with Crippen LogP contribution < -0.4 is 10.1 Å². The summed E-state index contributed by atoms with van der Waals surface area (Å²) in [6, 6.07) is 30.0. The van der Waals surface area contributed by atoms with Crippen LogP contribution in [-0.4, -0.2) is 71.4 Å². The van der Waals surface area contributed by atoms with Gasteiger partial charge >= 0.3 is 0 Å². The van der Waals surface area contributed by atoms with Crippen LogP contribution in [0.2, 0.25) is 0 Å². The Morgan fingerprint density at radius 1 is 0.949 bits per heavy atom. The van der Waals surface area contributed by atoms with Gasteiger partial charge in [-0.25, -0.2) is 0 Å². The number of aliphatic hydroxyl groups is 1. The van der Waals surface area contributed by atoms with Crippen LogP contribution in [0, 0.1) is 6.92 Å². The maximum absolute atomic E-state index is 12.7. The van der Waals surface area contributed by atoms with Gasteiger partial charge in [-0.15, -0.1) is 0 Å². The van der Waals surface area contributed by atoms with Gasteiger partial charge in [0.25, 0.3) is 5.91 Å². The maximum Gasteiger partial charge on any atom is 0.260 e. The fourth-order valence-corrected chi connectivity index (χ4v) is 5.01. The minimum absolute atomic E-state index is 0.0875. The number of β-amino-alcohol motifs (C(OH)–C–C–N with tert-alkyl or cyclic N) is 1. The summed E-state index contributed by atoms with van der Waals surface area (Å²) in [4.78, 5) is 17.5. The summed E-state index contributed by atoms with van der Waals surface area (Å²) in [5.74, 6) is 1.01. The Labute approximate surface area is 228 Å². The minimum Gasteiger partial charge on any atom is -0.490 e. The molecule has 1 atom stereocenters. The van der Waals surface area contributed by atoms with Crippen molar-refractivity contribution in [1.29, 1.82) is 0 Å². The van der Waals surface area contributed by atoms with Crippen LogP contribution in [0.1, 0.15) is 33.3 Å². The molecule has 0 bridgehead atoms. The molecule has 1 fully saturated rings. The molecule has 2 N–H and O–H groups in total. The molecule has 1 saturated heterocycles. The number of para-hydroxylation sites is 1. The second kappa shape index (κ2) is 12.7. The SMILES string of the molecule is Cc1cc(NC(=O)c2ccccc2OCC(O)CN2CCN(C(c3ccccc3)c3ccccc3)CC2)no1. The highest BCUT2D eigenvalue weighted by Crippen LogP contribution is 2.29. The summed E-state index contributed by atoms with van der Waals surface area (Å²) in [7, 11) is 0. The molecule has 1 amide bonds. The Bertz CT molecular complexity index is 1300. The second-order valence-corrected chi connectivity index (χ2v) is 9.80. The smallest absolute Gasteiger partial charge is 0.260 e. The lowest BCUT2D eigenvalue weighted by Crippen LogP contribution is -2.50. The first-order valence-electron chi connectivity index (χ1n) is 13.3. The van der Waals surface area contributed by atoms with E-state index in [1.54, 1.807) is 37.3 Å². The lowest BCUT2D eigenvalue weighted by molar-refractivity contribution is 0.0398. The van der Waals surface area contributed by atoms with Crippen molar-refractivity contribution in [3.63, 3.8) is 0 Å². The zero-order valence-corrected chi connectivity index (χ0v) is 22.1. The summed E-state index contributed by atoms with van der Waals surface area (Å²) in [6.07, 6.45) is -0.690. The Morgan fingerprint density at radius 2 is 1.56 bits per heavy atom. The lowest BCUT2D eigenvalue weighted by atomic mass is 9.96. The molecule has 8 heteroatoms. The van der Waals surface area contributed by atoms with E-state index in [4.69, 9.17) is 9.26 Å².